The number of fused-ring (bicyclic) bond motifs is 3. The molecule has 26 heavy (non-hydrogen) atoms. The lowest BCUT2D eigenvalue weighted by atomic mass is 9.82. The molecule has 0 fully saturated rings. The molecule has 0 atom stereocenters. The SMILES string of the molecule is CNCc1ccc2nc(Cc3ccccc3[B]O)c3ccccc3c2c1. The van der Waals surface area contributed by atoms with E-state index < -0.39 is 0 Å². The molecule has 0 amide bonds. The van der Waals surface area contributed by atoms with Gasteiger partial charge in [-0.3, -0.25) is 4.98 Å². The standard InChI is InChI=1S/C22H20BN2O/c1-24-14-15-10-11-21-19(12-15)17-7-3-4-8-18(17)22(25-21)13-16-6-2-5-9-20(16)23-26/h2-12,24,26H,13-14H2,1H3. The van der Waals surface area contributed by atoms with Gasteiger partial charge in [-0.05, 0) is 35.7 Å². The zero-order valence-electron chi connectivity index (χ0n) is 14.7. The Morgan fingerprint density at radius 2 is 1.69 bits per heavy atom. The monoisotopic (exact) mass is 339 g/mol. The minimum atomic E-state index is 0.682. The zero-order chi connectivity index (χ0) is 17.9. The first-order chi connectivity index (χ1) is 12.8. The minimum Gasteiger partial charge on any atom is -0.450 e. The van der Waals surface area contributed by atoms with Crippen molar-refractivity contribution >= 4 is 34.6 Å². The first kappa shape index (κ1) is 16.8. The van der Waals surface area contributed by atoms with Gasteiger partial charge in [0.2, 0.25) is 0 Å². The molecule has 0 saturated carbocycles. The molecular weight excluding hydrogens is 319 g/mol. The van der Waals surface area contributed by atoms with E-state index >= 15 is 0 Å². The van der Waals surface area contributed by atoms with E-state index in [1.54, 1.807) is 0 Å². The lowest BCUT2D eigenvalue weighted by Crippen LogP contribution is -2.19. The summed E-state index contributed by atoms with van der Waals surface area (Å²) in [5.74, 6) is 0. The van der Waals surface area contributed by atoms with Crippen LogP contribution >= 0.6 is 0 Å². The van der Waals surface area contributed by atoms with Gasteiger partial charge in [-0.15, -0.1) is 0 Å². The number of hydrogen-bond acceptors (Lipinski definition) is 3. The number of nitrogens with one attached hydrogen (secondary N) is 1. The van der Waals surface area contributed by atoms with E-state index in [1.165, 1.54) is 23.8 Å². The van der Waals surface area contributed by atoms with Crippen molar-refractivity contribution in [3.63, 3.8) is 0 Å². The Morgan fingerprint density at radius 3 is 2.50 bits per heavy atom. The number of benzene rings is 3. The van der Waals surface area contributed by atoms with E-state index in [1.807, 2.05) is 31.3 Å². The van der Waals surface area contributed by atoms with Gasteiger partial charge in [-0.25, -0.2) is 0 Å². The highest BCUT2D eigenvalue weighted by Gasteiger charge is 2.11. The summed E-state index contributed by atoms with van der Waals surface area (Å²) in [5.41, 5.74) is 5.19. The summed E-state index contributed by atoms with van der Waals surface area (Å²) in [6.45, 7) is 0.839. The fraction of sp³-hybridized carbons (Fsp3) is 0.136. The van der Waals surface area contributed by atoms with Crippen molar-refractivity contribution in [2.45, 2.75) is 13.0 Å². The Kier molecular flexibility index (Phi) is 4.70. The molecule has 127 valence electrons. The van der Waals surface area contributed by atoms with Gasteiger partial charge in [0.05, 0.1) is 11.2 Å². The Morgan fingerprint density at radius 1 is 0.923 bits per heavy atom. The highest BCUT2D eigenvalue weighted by atomic mass is 16.2. The van der Waals surface area contributed by atoms with Crippen LogP contribution in [0.4, 0.5) is 0 Å². The molecule has 3 aromatic carbocycles. The van der Waals surface area contributed by atoms with Gasteiger partial charge in [0.1, 0.15) is 0 Å². The van der Waals surface area contributed by atoms with Crippen molar-refractivity contribution in [2.75, 3.05) is 7.05 Å². The maximum absolute atomic E-state index is 9.51. The topological polar surface area (TPSA) is 45.2 Å². The molecule has 1 aromatic heterocycles. The van der Waals surface area contributed by atoms with E-state index in [4.69, 9.17) is 4.98 Å². The number of hydrogen-bond donors (Lipinski definition) is 2. The smallest absolute Gasteiger partial charge is 0.327 e. The molecule has 4 aromatic rings. The van der Waals surface area contributed by atoms with Crippen LogP contribution in [-0.4, -0.2) is 24.5 Å². The van der Waals surface area contributed by atoms with Crippen LogP contribution in [0.25, 0.3) is 21.7 Å². The Hall–Kier alpha value is -2.69. The number of rotatable bonds is 5. The van der Waals surface area contributed by atoms with Crippen LogP contribution in [0.15, 0.2) is 66.7 Å². The quantitative estimate of drug-likeness (QED) is 0.434. The van der Waals surface area contributed by atoms with Crippen LogP contribution in [0.5, 0.6) is 0 Å². The molecule has 0 aliphatic carbocycles. The average Bonchev–Trinajstić information content (AvgIpc) is 2.69. The summed E-state index contributed by atoms with van der Waals surface area (Å²) in [4.78, 5) is 4.96. The van der Waals surface area contributed by atoms with Crippen LogP contribution in [0.3, 0.4) is 0 Å². The molecule has 2 N–H and O–H groups in total. The molecule has 0 spiro atoms. The van der Waals surface area contributed by atoms with Crippen molar-refractivity contribution in [1.82, 2.24) is 10.3 Å². The third-order valence-electron chi connectivity index (χ3n) is 4.78. The fourth-order valence-electron chi connectivity index (χ4n) is 3.52. The summed E-state index contributed by atoms with van der Waals surface area (Å²) in [6, 6.07) is 22.8. The Bertz CT molecular complexity index is 1080. The van der Waals surface area contributed by atoms with E-state index in [0.29, 0.717) is 6.42 Å². The molecule has 1 heterocycles. The molecule has 0 unspecified atom stereocenters. The molecule has 0 aliphatic heterocycles. The minimum absolute atomic E-state index is 0.682. The summed E-state index contributed by atoms with van der Waals surface area (Å²) >= 11 is 0. The first-order valence-electron chi connectivity index (χ1n) is 8.80. The highest BCUT2D eigenvalue weighted by Crippen LogP contribution is 2.28. The van der Waals surface area contributed by atoms with Crippen LogP contribution in [0.2, 0.25) is 0 Å². The largest absolute Gasteiger partial charge is 0.450 e. The number of nitrogens with zero attached hydrogens (tertiary/aromatic N) is 1. The first-order valence-corrected chi connectivity index (χ1v) is 8.80. The molecule has 4 heteroatoms. The Labute approximate surface area is 154 Å². The predicted octanol–water partition coefficient (Wildman–Crippen LogP) is 2.94. The molecule has 0 aliphatic rings. The molecule has 1 radical (unpaired) electrons. The summed E-state index contributed by atoms with van der Waals surface area (Å²) in [6.07, 6.45) is 0.682. The molecular formula is C22H20BN2O. The van der Waals surface area contributed by atoms with Crippen LogP contribution in [0, 0.1) is 0 Å². The average molecular weight is 339 g/mol. The molecule has 0 bridgehead atoms. The summed E-state index contributed by atoms with van der Waals surface area (Å²) in [5, 5.41) is 16.3. The van der Waals surface area contributed by atoms with Gasteiger partial charge < -0.3 is 10.3 Å². The molecule has 3 nitrogen and oxygen atoms in total. The van der Waals surface area contributed by atoms with Gasteiger partial charge in [-0.1, -0.05) is 60.1 Å². The second-order valence-electron chi connectivity index (χ2n) is 6.49. The highest BCUT2D eigenvalue weighted by molar-refractivity contribution is 6.46. The second kappa shape index (κ2) is 7.28. The van der Waals surface area contributed by atoms with E-state index in [2.05, 4.69) is 47.8 Å². The van der Waals surface area contributed by atoms with Crippen molar-refractivity contribution in [3.05, 3.63) is 83.6 Å². The fourth-order valence-corrected chi connectivity index (χ4v) is 3.52. The van der Waals surface area contributed by atoms with Crippen LogP contribution in [0.1, 0.15) is 16.8 Å². The van der Waals surface area contributed by atoms with Gasteiger partial charge in [0.25, 0.3) is 0 Å². The number of aromatic nitrogens is 1. The van der Waals surface area contributed by atoms with Crippen LogP contribution < -0.4 is 10.8 Å². The van der Waals surface area contributed by atoms with Gasteiger partial charge in [0, 0.05) is 23.7 Å². The summed E-state index contributed by atoms with van der Waals surface area (Å²) < 4.78 is 0. The second-order valence-corrected chi connectivity index (χ2v) is 6.49. The number of pyridine rings is 1. The maximum atomic E-state index is 9.51. The maximum Gasteiger partial charge on any atom is 0.327 e. The van der Waals surface area contributed by atoms with Gasteiger partial charge in [-0.2, -0.15) is 0 Å². The van der Waals surface area contributed by atoms with E-state index in [9.17, 15) is 5.02 Å². The zero-order valence-corrected chi connectivity index (χ0v) is 14.7. The summed E-state index contributed by atoms with van der Waals surface area (Å²) in [7, 11) is 3.13. The predicted molar refractivity (Wildman–Crippen MR) is 109 cm³/mol. The van der Waals surface area contributed by atoms with Gasteiger partial charge in [0.15, 0.2) is 0 Å². The third-order valence-corrected chi connectivity index (χ3v) is 4.78. The van der Waals surface area contributed by atoms with Crippen molar-refractivity contribution < 1.29 is 5.02 Å². The Balaban J connectivity index is 1.90. The molecule has 0 saturated heterocycles. The van der Waals surface area contributed by atoms with Crippen molar-refractivity contribution in [2.24, 2.45) is 0 Å². The third kappa shape index (κ3) is 3.09. The van der Waals surface area contributed by atoms with E-state index in [0.717, 1.165) is 34.2 Å². The van der Waals surface area contributed by atoms with Gasteiger partial charge >= 0.3 is 7.48 Å². The van der Waals surface area contributed by atoms with Crippen LogP contribution in [-0.2, 0) is 13.0 Å². The normalized spacial score (nSPS) is 11.2. The molecule has 4 rings (SSSR count). The van der Waals surface area contributed by atoms with Crippen molar-refractivity contribution in [1.29, 1.82) is 0 Å². The lowest BCUT2D eigenvalue weighted by Gasteiger charge is -2.12. The van der Waals surface area contributed by atoms with E-state index in [-0.39, 0.29) is 0 Å². The lowest BCUT2D eigenvalue weighted by molar-refractivity contribution is 0.615. The van der Waals surface area contributed by atoms with Crippen molar-refractivity contribution in [3.8, 4) is 0 Å².